The third-order valence-electron chi connectivity index (χ3n) is 5.27. The van der Waals surface area contributed by atoms with Crippen LogP contribution in [0.2, 0.25) is 0 Å². The van der Waals surface area contributed by atoms with Crippen molar-refractivity contribution >= 4 is 27.3 Å². The lowest BCUT2D eigenvalue weighted by molar-refractivity contribution is 0.0906. The number of fused-ring (bicyclic) bond motifs is 1. The van der Waals surface area contributed by atoms with Crippen LogP contribution in [0.15, 0.2) is 28.5 Å². The largest absolute Gasteiger partial charge is 0.345 e. The standard InChI is InChI=1S/C18H21N3O3S2/c1-12-17(25-13(2)19-12)26(23,24)21-10-9-18(11-21)8-7-14-5-3-4-6-15(14)16(22)20-18/h3-6H,7-11H2,1-2H3,(H,20,22)/t18-/m0/s1. The second kappa shape index (κ2) is 6.14. The van der Waals surface area contributed by atoms with E-state index in [1.807, 2.05) is 31.2 Å². The van der Waals surface area contributed by atoms with Crippen molar-refractivity contribution in [1.29, 1.82) is 0 Å². The van der Waals surface area contributed by atoms with Gasteiger partial charge in [-0.05, 0) is 44.7 Å². The van der Waals surface area contributed by atoms with Crippen LogP contribution < -0.4 is 5.32 Å². The van der Waals surface area contributed by atoms with Gasteiger partial charge in [0.1, 0.15) is 0 Å². The van der Waals surface area contributed by atoms with Crippen LogP contribution >= 0.6 is 11.3 Å². The Labute approximate surface area is 157 Å². The second-order valence-corrected chi connectivity index (χ2v) is 10.4. The highest BCUT2D eigenvalue weighted by molar-refractivity contribution is 7.91. The number of rotatable bonds is 2. The first kappa shape index (κ1) is 17.6. The minimum atomic E-state index is -3.58. The van der Waals surface area contributed by atoms with Gasteiger partial charge in [0.15, 0.2) is 4.21 Å². The molecule has 2 aromatic rings. The zero-order valence-electron chi connectivity index (χ0n) is 14.8. The molecule has 138 valence electrons. The molecule has 3 heterocycles. The third-order valence-corrected chi connectivity index (χ3v) is 8.77. The lowest BCUT2D eigenvalue weighted by Gasteiger charge is -2.28. The maximum absolute atomic E-state index is 13.1. The Morgan fingerprint density at radius 1 is 1.23 bits per heavy atom. The second-order valence-electron chi connectivity index (χ2n) is 7.09. The highest BCUT2D eigenvalue weighted by Crippen LogP contribution is 2.35. The van der Waals surface area contributed by atoms with Crippen molar-refractivity contribution in [3.63, 3.8) is 0 Å². The summed E-state index contributed by atoms with van der Waals surface area (Å²) in [7, 11) is -3.58. The van der Waals surface area contributed by atoms with E-state index in [-0.39, 0.29) is 5.91 Å². The molecule has 0 bridgehead atoms. The molecule has 1 aromatic heterocycles. The molecule has 26 heavy (non-hydrogen) atoms. The van der Waals surface area contributed by atoms with Gasteiger partial charge in [-0.1, -0.05) is 18.2 Å². The molecule has 0 saturated carbocycles. The molecule has 0 unspecified atom stereocenters. The van der Waals surface area contributed by atoms with Crippen LogP contribution in [-0.4, -0.2) is 42.2 Å². The maximum Gasteiger partial charge on any atom is 0.254 e. The van der Waals surface area contributed by atoms with E-state index in [1.54, 1.807) is 6.92 Å². The predicted molar refractivity (Wildman–Crippen MR) is 99.9 cm³/mol. The monoisotopic (exact) mass is 391 g/mol. The molecular formula is C18H21N3O3S2. The van der Waals surface area contributed by atoms with Crippen molar-refractivity contribution in [2.75, 3.05) is 13.1 Å². The van der Waals surface area contributed by atoms with E-state index in [0.29, 0.717) is 35.0 Å². The van der Waals surface area contributed by atoms with Gasteiger partial charge in [-0.3, -0.25) is 4.79 Å². The van der Waals surface area contributed by atoms with Gasteiger partial charge in [0.2, 0.25) is 0 Å². The molecule has 0 radical (unpaired) electrons. The summed E-state index contributed by atoms with van der Waals surface area (Å²) in [6.07, 6.45) is 2.13. The van der Waals surface area contributed by atoms with E-state index in [4.69, 9.17) is 0 Å². The van der Waals surface area contributed by atoms with Gasteiger partial charge in [0.25, 0.3) is 15.9 Å². The molecule has 1 atom stereocenters. The van der Waals surface area contributed by atoms with Crippen LogP contribution in [0.4, 0.5) is 0 Å². The quantitative estimate of drug-likeness (QED) is 0.852. The van der Waals surface area contributed by atoms with E-state index in [1.165, 1.54) is 15.6 Å². The number of hydrogen-bond donors (Lipinski definition) is 1. The fourth-order valence-corrected chi connectivity index (χ4v) is 7.06. The number of nitrogens with zero attached hydrogens (tertiary/aromatic N) is 2. The minimum Gasteiger partial charge on any atom is -0.345 e. The molecule has 0 aliphatic carbocycles. The van der Waals surface area contributed by atoms with Gasteiger partial charge in [0, 0.05) is 18.7 Å². The molecule has 1 N–H and O–H groups in total. The van der Waals surface area contributed by atoms with E-state index in [9.17, 15) is 13.2 Å². The molecule has 1 saturated heterocycles. The van der Waals surface area contributed by atoms with Gasteiger partial charge >= 0.3 is 0 Å². The van der Waals surface area contributed by atoms with E-state index >= 15 is 0 Å². The highest BCUT2D eigenvalue weighted by atomic mass is 32.2. The molecule has 2 aliphatic rings. The summed E-state index contributed by atoms with van der Waals surface area (Å²) in [6, 6.07) is 7.60. The first-order chi connectivity index (χ1) is 12.3. The van der Waals surface area contributed by atoms with Crippen molar-refractivity contribution in [2.45, 2.75) is 42.9 Å². The number of amides is 1. The highest BCUT2D eigenvalue weighted by Gasteiger charge is 2.45. The van der Waals surface area contributed by atoms with Gasteiger partial charge in [-0.15, -0.1) is 11.3 Å². The Balaban J connectivity index is 1.61. The minimum absolute atomic E-state index is 0.109. The molecule has 6 nitrogen and oxygen atoms in total. The van der Waals surface area contributed by atoms with Crippen molar-refractivity contribution in [3.8, 4) is 0 Å². The lowest BCUT2D eigenvalue weighted by Crippen LogP contribution is -2.50. The molecule has 1 spiro atoms. The number of thiazole rings is 1. The van der Waals surface area contributed by atoms with Crippen molar-refractivity contribution in [1.82, 2.24) is 14.6 Å². The zero-order chi connectivity index (χ0) is 18.5. The average Bonchev–Trinajstić information content (AvgIpc) is 3.13. The number of carbonyl (C=O) groups is 1. The molecule has 1 aromatic carbocycles. The smallest absolute Gasteiger partial charge is 0.254 e. The first-order valence-corrected chi connectivity index (χ1v) is 10.9. The number of sulfonamides is 1. The normalized spacial score (nSPS) is 23.7. The number of aromatic nitrogens is 1. The zero-order valence-corrected chi connectivity index (χ0v) is 16.4. The number of benzene rings is 1. The Bertz CT molecular complexity index is 983. The number of aryl methyl sites for hydroxylation is 3. The summed E-state index contributed by atoms with van der Waals surface area (Å²) in [5.74, 6) is -0.109. The van der Waals surface area contributed by atoms with Crippen molar-refractivity contribution in [2.24, 2.45) is 0 Å². The van der Waals surface area contributed by atoms with Crippen LogP contribution in [0.25, 0.3) is 0 Å². The van der Waals surface area contributed by atoms with Crippen molar-refractivity contribution < 1.29 is 13.2 Å². The summed E-state index contributed by atoms with van der Waals surface area (Å²) in [5, 5.41) is 3.87. The van der Waals surface area contributed by atoms with Crippen LogP contribution in [0, 0.1) is 13.8 Å². The lowest BCUT2D eigenvalue weighted by atomic mass is 9.92. The van der Waals surface area contributed by atoms with Crippen LogP contribution in [-0.2, 0) is 16.4 Å². The van der Waals surface area contributed by atoms with Crippen molar-refractivity contribution in [3.05, 3.63) is 46.1 Å². The summed E-state index contributed by atoms with van der Waals surface area (Å²) in [6.45, 7) is 4.26. The van der Waals surface area contributed by atoms with Gasteiger partial charge < -0.3 is 5.32 Å². The van der Waals surface area contributed by atoms with E-state index < -0.39 is 15.6 Å². The molecule has 2 aliphatic heterocycles. The topological polar surface area (TPSA) is 79.4 Å². The third kappa shape index (κ3) is 2.86. The summed E-state index contributed by atoms with van der Waals surface area (Å²) < 4.78 is 27.9. The van der Waals surface area contributed by atoms with Gasteiger partial charge in [-0.2, -0.15) is 4.31 Å². The molecule has 1 fully saturated rings. The fraction of sp³-hybridized carbons (Fsp3) is 0.444. The molecular weight excluding hydrogens is 370 g/mol. The molecule has 4 rings (SSSR count). The first-order valence-electron chi connectivity index (χ1n) is 8.65. The summed E-state index contributed by atoms with van der Waals surface area (Å²) >= 11 is 1.21. The fourth-order valence-electron chi connectivity index (χ4n) is 3.92. The Hall–Kier alpha value is -1.77. The number of carbonyl (C=O) groups excluding carboxylic acids is 1. The Morgan fingerprint density at radius 3 is 2.73 bits per heavy atom. The molecule has 1 amide bonds. The number of nitrogens with one attached hydrogen (secondary N) is 1. The maximum atomic E-state index is 13.1. The summed E-state index contributed by atoms with van der Waals surface area (Å²) in [4.78, 5) is 16.9. The van der Waals surface area contributed by atoms with E-state index in [0.717, 1.165) is 23.4 Å². The molecule has 8 heteroatoms. The number of hydrogen-bond acceptors (Lipinski definition) is 5. The van der Waals surface area contributed by atoms with Gasteiger partial charge in [-0.25, -0.2) is 13.4 Å². The Morgan fingerprint density at radius 2 is 2.00 bits per heavy atom. The summed E-state index contributed by atoms with van der Waals surface area (Å²) in [5.41, 5.74) is 1.76. The average molecular weight is 392 g/mol. The van der Waals surface area contributed by atoms with Crippen LogP contribution in [0.1, 0.15) is 39.5 Å². The van der Waals surface area contributed by atoms with Crippen LogP contribution in [0.3, 0.4) is 0 Å². The van der Waals surface area contributed by atoms with Gasteiger partial charge in [0.05, 0.1) is 16.2 Å². The predicted octanol–water partition coefficient (Wildman–Crippen LogP) is 2.27. The van der Waals surface area contributed by atoms with Crippen LogP contribution in [0.5, 0.6) is 0 Å². The Kier molecular flexibility index (Phi) is 4.17. The van der Waals surface area contributed by atoms with E-state index in [2.05, 4.69) is 10.3 Å². The SMILES string of the molecule is Cc1nc(C)c(S(=O)(=O)N2CC[C@@]3(CCc4ccccc4C(=O)N3)C2)s1.